The second kappa shape index (κ2) is 9.25. The molecule has 1 aromatic carbocycles. The largest absolute Gasteiger partial charge is 0.373 e. The Morgan fingerprint density at radius 1 is 1.27 bits per heavy atom. The van der Waals surface area contributed by atoms with Gasteiger partial charge in [-0.15, -0.1) is 0 Å². The van der Waals surface area contributed by atoms with E-state index in [0.29, 0.717) is 13.1 Å². The fraction of sp³-hybridized carbons (Fsp3) is 0.529. The Kier molecular flexibility index (Phi) is 7.05. The van der Waals surface area contributed by atoms with Gasteiger partial charge in [-0.25, -0.2) is 0 Å². The third-order valence-electron chi connectivity index (χ3n) is 3.97. The van der Waals surface area contributed by atoms with Gasteiger partial charge in [0.1, 0.15) is 0 Å². The number of nitro benzene ring substituents is 1. The first-order valence-corrected chi connectivity index (χ1v) is 8.52. The maximum atomic E-state index is 12.0. The summed E-state index contributed by atoms with van der Waals surface area (Å²) in [7, 11) is 0. The van der Waals surface area contributed by atoms with Crippen LogP contribution in [0.3, 0.4) is 0 Å². The standard InChI is InChI=1S/C17H24N4O5/c1-12-10-20(11-13(2)26-12)7-6-18-16(22)9-19-17(23)14-4-3-5-15(8-14)21(24)25/h3-5,8,12-13H,6-7,9-11H2,1-2H3,(H,18,22)(H,19,23). The third-order valence-corrected chi connectivity index (χ3v) is 3.97. The van der Waals surface area contributed by atoms with Crippen LogP contribution >= 0.6 is 0 Å². The molecule has 1 saturated heterocycles. The van der Waals surface area contributed by atoms with Gasteiger partial charge in [0.25, 0.3) is 11.6 Å². The van der Waals surface area contributed by atoms with Gasteiger partial charge in [0.2, 0.25) is 5.91 Å². The Morgan fingerprint density at radius 3 is 2.62 bits per heavy atom. The van der Waals surface area contributed by atoms with E-state index in [9.17, 15) is 19.7 Å². The topological polar surface area (TPSA) is 114 Å². The van der Waals surface area contributed by atoms with Gasteiger partial charge in [0.15, 0.2) is 0 Å². The van der Waals surface area contributed by atoms with Gasteiger partial charge in [-0.05, 0) is 19.9 Å². The molecule has 2 atom stereocenters. The molecule has 26 heavy (non-hydrogen) atoms. The van der Waals surface area contributed by atoms with E-state index in [1.54, 1.807) is 0 Å². The van der Waals surface area contributed by atoms with Crippen molar-refractivity contribution in [3.05, 3.63) is 39.9 Å². The van der Waals surface area contributed by atoms with Gasteiger partial charge in [-0.3, -0.25) is 24.6 Å². The van der Waals surface area contributed by atoms with Crippen molar-refractivity contribution in [2.45, 2.75) is 26.1 Å². The number of nitro groups is 1. The Bertz CT molecular complexity index is 656. The van der Waals surface area contributed by atoms with E-state index in [1.165, 1.54) is 24.3 Å². The summed E-state index contributed by atoms with van der Waals surface area (Å²) < 4.78 is 5.66. The monoisotopic (exact) mass is 364 g/mol. The Balaban J connectivity index is 1.70. The van der Waals surface area contributed by atoms with E-state index < -0.39 is 10.8 Å². The van der Waals surface area contributed by atoms with E-state index in [2.05, 4.69) is 15.5 Å². The fourth-order valence-corrected chi connectivity index (χ4v) is 2.91. The van der Waals surface area contributed by atoms with Gasteiger partial charge in [0, 0.05) is 43.9 Å². The van der Waals surface area contributed by atoms with Crippen molar-refractivity contribution in [2.75, 3.05) is 32.7 Å². The first kappa shape index (κ1) is 19.8. The minimum atomic E-state index is -0.573. The summed E-state index contributed by atoms with van der Waals surface area (Å²) >= 11 is 0. The zero-order chi connectivity index (χ0) is 19.1. The lowest BCUT2D eigenvalue weighted by Gasteiger charge is -2.35. The highest BCUT2D eigenvalue weighted by Gasteiger charge is 2.21. The Morgan fingerprint density at radius 2 is 1.96 bits per heavy atom. The number of amides is 2. The number of nitrogens with zero attached hydrogens (tertiary/aromatic N) is 2. The molecule has 0 radical (unpaired) electrons. The van der Waals surface area contributed by atoms with E-state index in [1.807, 2.05) is 13.8 Å². The number of carbonyl (C=O) groups is 2. The van der Waals surface area contributed by atoms with Crippen LogP contribution in [0.1, 0.15) is 24.2 Å². The molecule has 0 saturated carbocycles. The normalized spacial score (nSPS) is 20.4. The van der Waals surface area contributed by atoms with Crippen molar-refractivity contribution >= 4 is 17.5 Å². The second-order valence-electron chi connectivity index (χ2n) is 6.36. The average molecular weight is 364 g/mol. The summed E-state index contributed by atoms with van der Waals surface area (Å²) in [6.07, 6.45) is 0.340. The van der Waals surface area contributed by atoms with Crippen molar-refractivity contribution in [2.24, 2.45) is 0 Å². The highest BCUT2D eigenvalue weighted by molar-refractivity contribution is 5.96. The van der Waals surface area contributed by atoms with Crippen LogP contribution in [0.5, 0.6) is 0 Å². The summed E-state index contributed by atoms with van der Waals surface area (Å²) in [4.78, 5) is 36.2. The van der Waals surface area contributed by atoms with Gasteiger partial charge >= 0.3 is 0 Å². The number of hydrogen-bond acceptors (Lipinski definition) is 6. The van der Waals surface area contributed by atoms with Crippen molar-refractivity contribution in [1.29, 1.82) is 0 Å². The number of ether oxygens (including phenoxy) is 1. The summed E-state index contributed by atoms with van der Waals surface area (Å²) in [5.74, 6) is -0.835. The first-order valence-electron chi connectivity index (χ1n) is 8.52. The van der Waals surface area contributed by atoms with Crippen LogP contribution in [0.4, 0.5) is 5.69 Å². The summed E-state index contributed by atoms with van der Waals surface area (Å²) in [6.45, 7) is 6.69. The molecule has 1 aliphatic heterocycles. The predicted molar refractivity (Wildman–Crippen MR) is 94.9 cm³/mol. The quantitative estimate of drug-likeness (QED) is 0.539. The Labute approximate surface area is 151 Å². The average Bonchev–Trinajstić information content (AvgIpc) is 2.59. The lowest BCUT2D eigenvalue weighted by atomic mass is 10.2. The fourth-order valence-electron chi connectivity index (χ4n) is 2.91. The van der Waals surface area contributed by atoms with Gasteiger partial charge < -0.3 is 15.4 Å². The smallest absolute Gasteiger partial charge is 0.270 e. The molecule has 1 fully saturated rings. The van der Waals surface area contributed by atoms with E-state index in [4.69, 9.17) is 4.74 Å². The van der Waals surface area contributed by atoms with Crippen molar-refractivity contribution < 1.29 is 19.2 Å². The summed E-state index contributed by atoms with van der Waals surface area (Å²) in [6, 6.07) is 5.36. The molecule has 9 nitrogen and oxygen atoms in total. The number of nitrogens with one attached hydrogen (secondary N) is 2. The molecule has 0 spiro atoms. The molecule has 1 heterocycles. The minimum absolute atomic E-state index is 0.142. The van der Waals surface area contributed by atoms with E-state index in [0.717, 1.165) is 13.1 Å². The number of hydrogen-bond donors (Lipinski definition) is 2. The van der Waals surface area contributed by atoms with Crippen LogP contribution in [0.15, 0.2) is 24.3 Å². The summed E-state index contributed by atoms with van der Waals surface area (Å²) in [5.41, 5.74) is -0.0284. The molecular weight excluding hydrogens is 340 g/mol. The molecule has 0 aliphatic carbocycles. The third kappa shape index (κ3) is 6.08. The first-order chi connectivity index (χ1) is 12.3. The van der Waals surface area contributed by atoms with Crippen LogP contribution < -0.4 is 10.6 Å². The molecule has 1 aromatic rings. The van der Waals surface area contributed by atoms with Crippen LogP contribution in [0, 0.1) is 10.1 Å². The van der Waals surface area contributed by atoms with Gasteiger partial charge in [-0.1, -0.05) is 6.07 Å². The number of rotatable bonds is 7. The maximum absolute atomic E-state index is 12.0. The zero-order valence-corrected chi connectivity index (χ0v) is 14.9. The molecule has 142 valence electrons. The van der Waals surface area contributed by atoms with Crippen molar-refractivity contribution in [3.8, 4) is 0 Å². The number of non-ortho nitro benzene ring substituents is 1. The molecule has 1 aliphatic rings. The van der Waals surface area contributed by atoms with E-state index in [-0.39, 0.29) is 35.9 Å². The van der Waals surface area contributed by atoms with E-state index >= 15 is 0 Å². The van der Waals surface area contributed by atoms with Crippen LogP contribution in [-0.2, 0) is 9.53 Å². The van der Waals surface area contributed by atoms with Crippen molar-refractivity contribution in [3.63, 3.8) is 0 Å². The lowest BCUT2D eigenvalue weighted by Crippen LogP contribution is -2.48. The number of morpholine rings is 1. The number of benzene rings is 1. The minimum Gasteiger partial charge on any atom is -0.373 e. The maximum Gasteiger partial charge on any atom is 0.270 e. The molecule has 0 bridgehead atoms. The molecule has 0 aromatic heterocycles. The molecule has 2 amide bonds. The van der Waals surface area contributed by atoms with Crippen LogP contribution in [0.25, 0.3) is 0 Å². The van der Waals surface area contributed by atoms with Gasteiger partial charge in [-0.2, -0.15) is 0 Å². The molecule has 9 heteroatoms. The second-order valence-corrected chi connectivity index (χ2v) is 6.36. The lowest BCUT2D eigenvalue weighted by molar-refractivity contribution is -0.384. The molecular formula is C17H24N4O5. The summed E-state index contributed by atoms with van der Waals surface area (Å²) in [5, 5.41) is 15.9. The SMILES string of the molecule is CC1CN(CCNC(=O)CNC(=O)c2cccc([N+](=O)[O-])c2)CC(C)O1. The highest BCUT2D eigenvalue weighted by Crippen LogP contribution is 2.12. The van der Waals surface area contributed by atoms with Crippen LogP contribution in [0.2, 0.25) is 0 Å². The Hall–Kier alpha value is -2.52. The molecule has 2 N–H and O–H groups in total. The van der Waals surface area contributed by atoms with Crippen molar-refractivity contribution in [1.82, 2.24) is 15.5 Å². The van der Waals surface area contributed by atoms with Gasteiger partial charge in [0.05, 0.1) is 23.7 Å². The zero-order valence-electron chi connectivity index (χ0n) is 14.9. The van der Waals surface area contributed by atoms with Crippen LogP contribution in [-0.4, -0.2) is 66.6 Å². The number of carbonyl (C=O) groups excluding carboxylic acids is 2. The molecule has 2 unspecified atom stereocenters. The predicted octanol–water partition coefficient (Wildman–Crippen LogP) is 0.550. The highest BCUT2D eigenvalue weighted by atomic mass is 16.6. The molecule has 2 rings (SSSR count).